The summed E-state index contributed by atoms with van der Waals surface area (Å²) < 4.78 is 1.72. The van der Waals surface area contributed by atoms with Crippen molar-refractivity contribution in [1.29, 1.82) is 0 Å². The number of carbonyl (C=O) groups excluding carboxylic acids is 1. The molecule has 7 nitrogen and oxygen atoms in total. The molecule has 2 aromatic heterocycles. The number of hydrogen-bond donors (Lipinski definition) is 2. The molecule has 0 spiro atoms. The van der Waals surface area contributed by atoms with Gasteiger partial charge in [-0.1, -0.05) is 5.21 Å². The molecule has 0 saturated heterocycles. The highest BCUT2D eigenvalue weighted by Crippen LogP contribution is 2.15. The summed E-state index contributed by atoms with van der Waals surface area (Å²) in [4.78, 5) is 15.2. The fourth-order valence-corrected chi connectivity index (χ4v) is 2.18. The lowest BCUT2D eigenvalue weighted by molar-refractivity contribution is -0.114. The van der Waals surface area contributed by atoms with Crippen LogP contribution in [0.5, 0.6) is 0 Å². The number of nitrogens with zero attached hydrogens (tertiary/aromatic N) is 4. The van der Waals surface area contributed by atoms with Crippen LogP contribution < -0.4 is 10.6 Å². The van der Waals surface area contributed by atoms with Gasteiger partial charge in [0.15, 0.2) is 5.13 Å². The quantitative estimate of drug-likeness (QED) is 0.821. The van der Waals surface area contributed by atoms with Gasteiger partial charge >= 0.3 is 0 Å². The summed E-state index contributed by atoms with van der Waals surface area (Å²) in [6.45, 7) is 2.70. The highest BCUT2D eigenvalue weighted by atomic mass is 32.1. The molecule has 0 aliphatic rings. The Hall–Kier alpha value is -1.80. The van der Waals surface area contributed by atoms with Crippen LogP contribution in [0.3, 0.4) is 0 Å². The number of amides is 1. The molecule has 8 heteroatoms. The molecule has 0 saturated carbocycles. The van der Waals surface area contributed by atoms with Gasteiger partial charge in [0.2, 0.25) is 5.91 Å². The van der Waals surface area contributed by atoms with Gasteiger partial charge in [0.05, 0.1) is 24.1 Å². The third kappa shape index (κ3) is 3.34. The SMILES string of the molecule is CNCc1cn(Cc2csc(NC(C)=O)n2)nn1. The van der Waals surface area contributed by atoms with Gasteiger partial charge in [-0.05, 0) is 7.05 Å². The van der Waals surface area contributed by atoms with Crippen molar-refractivity contribution >= 4 is 22.4 Å². The van der Waals surface area contributed by atoms with Crippen LogP contribution in [0.4, 0.5) is 5.13 Å². The van der Waals surface area contributed by atoms with Crippen LogP contribution >= 0.6 is 11.3 Å². The number of hydrogen-bond acceptors (Lipinski definition) is 6. The summed E-state index contributed by atoms with van der Waals surface area (Å²) in [6.07, 6.45) is 1.87. The van der Waals surface area contributed by atoms with E-state index >= 15 is 0 Å². The van der Waals surface area contributed by atoms with E-state index in [-0.39, 0.29) is 5.91 Å². The minimum atomic E-state index is -0.118. The molecule has 2 rings (SSSR count). The Morgan fingerprint density at radius 1 is 1.50 bits per heavy atom. The van der Waals surface area contributed by atoms with Crippen molar-refractivity contribution < 1.29 is 4.79 Å². The van der Waals surface area contributed by atoms with Crippen molar-refractivity contribution in [2.24, 2.45) is 0 Å². The third-order valence-corrected chi connectivity index (χ3v) is 2.91. The Balaban J connectivity index is 1.99. The first-order chi connectivity index (χ1) is 8.67. The van der Waals surface area contributed by atoms with Gasteiger partial charge in [0, 0.05) is 18.8 Å². The van der Waals surface area contributed by atoms with Gasteiger partial charge in [0.25, 0.3) is 0 Å². The fourth-order valence-electron chi connectivity index (χ4n) is 1.43. The van der Waals surface area contributed by atoms with E-state index in [2.05, 4.69) is 25.9 Å². The van der Waals surface area contributed by atoms with Crippen molar-refractivity contribution in [3.8, 4) is 0 Å². The van der Waals surface area contributed by atoms with E-state index in [0.29, 0.717) is 18.2 Å². The van der Waals surface area contributed by atoms with E-state index in [1.165, 1.54) is 18.3 Å². The molecule has 0 fully saturated rings. The first-order valence-electron chi connectivity index (χ1n) is 5.43. The van der Waals surface area contributed by atoms with E-state index in [9.17, 15) is 4.79 Å². The van der Waals surface area contributed by atoms with Crippen LogP contribution in [-0.4, -0.2) is 32.9 Å². The molecule has 2 heterocycles. The van der Waals surface area contributed by atoms with Gasteiger partial charge in [0.1, 0.15) is 0 Å². The van der Waals surface area contributed by atoms with Gasteiger partial charge in [-0.3, -0.25) is 4.79 Å². The lowest BCUT2D eigenvalue weighted by Crippen LogP contribution is -2.06. The maximum atomic E-state index is 10.9. The number of rotatable bonds is 5. The normalized spacial score (nSPS) is 10.6. The molecule has 18 heavy (non-hydrogen) atoms. The van der Waals surface area contributed by atoms with E-state index in [1.807, 2.05) is 18.6 Å². The molecule has 0 atom stereocenters. The van der Waals surface area contributed by atoms with E-state index in [0.717, 1.165) is 11.4 Å². The van der Waals surface area contributed by atoms with Crippen molar-refractivity contribution in [1.82, 2.24) is 25.3 Å². The Morgan fingerprint density at radius 2 is 2.33 bits per heavy atom. The van der Waals surface area contributed by atoms with Crippen LogP contribution in [-0.2, 0) is 17.9 Å². The van der Waals surface area contributed by atoms with E-state index in [1.54, 1.807) is 4.68 Å². The van der Waals surface area contributed by atoms with Gasteiger partial charge in [-0.25, -0.2) is 9.67 Å². The maximum Gasteiger partial charge on any atom is 0.223 e. The van der Waals surface area contributed by atoms with Crippen molar-refractivity contribution in [2.45, 2.75) is 20.0 Å². The van der Waals surface area contributed by atoms with Crippen molar-refractivity contribution in [3.05, 3.63) is 23.0 Å². The molecule has 2 N–H and O–H groups in total. The molecular formula is C10H14N6OS. The molecule has 0 aliphatic carbocycles. The van der Waals surface area contributed by atoms with Crippen molar-refractivity contribution in [3.63, 3.8) is 0 Å². The van der Waals surface area contributed by atoms with Gasteiger partial charge < -0.3 is 10.6 Å². The Morgan fingerprint density at radius 3 is 3.06 bits per heavy atom. The molecule has 0 bridgehead atoms. The molecule has 96 valence electrons. The summed E-state index contributed by atoms with van der Waals surface area (Å²) >= 11 is 1.40. The maximum absolute atomic E-state index is 10.9. The van der Waals surface area contributed by atoms with Gasteiger partial charge in [-0.2, -0.15) is 0 Å². The van der Waals surface area contributed by atoms with Gasteiger partial charge in [-0.15, -0.1) is 16.4 Å². The topological polar surface area (TPSA) is 84.7 Å². The molecular weight excluding hydrogens is 252 g/mol. The minimum Gasteiger partial charge on any atom is -0.314 e. The van der Waals surface area contributed by atoms with Crippen LogP contribution in [0.25, 0.3) is 0 Å². The van der Waals surface area contributed by atoms with Crippen LogP contribution in [0.2, 0.25) is 0 Å². The Labute approximate surface area is 108 Å². The summed E-state index contributed by atoms with van der Waals surface area (Å²) in [5.74, 6) is -0.118. The first kappa shape index (κ1) is 12.7. The predicted octanol–water partition coefficient (Wildman–Crippen LogP) is 0.461. The summed E-state index contributed by atoms with van der Waals surface area (Å²) in [5.41, 5.74) is 1.74. The largest absolute Gasteiger partial charge is 0.314 e. The number of carbonyl (C=O) groups is 1. The summed E-state index contributed by atoms with van der Waals surface area (Å²) in [6, 6.07) is 0. The molecule has 1 amide bonds. The molecule has 0 radical (unpaired) electrons. The number of thiazole rings is 1. The second-order valence-corrected chi connectivity index (χ2v) is 4.62. The van der Waals surface area contributed by atoms with Crippen LogP contribution in [0, 0.1) is 0 Å². The standard InChI is InChI=1S/C10H14N6OS/c1-7(17)12-10-13-9(6-18-10)5-16-4-8(3-11-2)14-15-16/h4,6,11H,3,5H2,1-2H3,(H,12,13,17). The first-order valence-corrected chi connectivity index (χ1v) is 6.31. The zero-order valence-electron chi connectivity index (χ0n) is 10.2. The highest BCUT2D eigenvalue weighted by molar-refractivity contribution is 7.13. The average Bonchev–Trinajstić information content (AvgIpc) is 2.89. The molecule has 2 aromatic rings. The van der Waals surface area contributed by atoms with E-state index < -0.39 is 0 Å². The number of aromatic nitrogens is 4. The molecule has 0 aliphatic heterocycles. The lowest BCUT2D eigenvalue weighted by atomic mass is 10.4. The average molecular weight is 266 g/mol. The highest BCUT2D eigenvalue weighted by Gasteiger charge is 2.05. The lowest BCUT2D eigenvalue weighted by Gasteiger charge is -1.96. The third-order valence-electron chi connectivity index (χ3n) is 2.10. The number of anilines is 1. The van der Waals surface area contributed by atoms with Crippen LogP contribution in [0.15, 0.2) is 11.6 Å². The minimum absolute atomic E-state index is 0.118. The fraction of sp³-hybridized carbons (Fsp3) is 0.400. The Kier molecular flexibility index (Phi) is 4.00. The monoisotopic (exact) mass is 266 g/mol. The van der Waals surface area contributed by atoms with Crippen molar-refractivity contribution in [2.75, 3.05) is 12.4 Å². The van der Waals surface area contributed by atoms with E-state index in [4.69, 9.17) is 0 Å². The summed E-state index contributed by atoms with van der Waals surface area (Å²) in [5, 5.41) is 16.2. The predicted molar refractivity (Wildman–Crippen MR) is 68.3 cm³/mol. The smallest absolute Gasteiger partial charge is 0.223 e. The van der Waals surface area contributed by atoms with Crippen LogP contribution in [0.1, 0.15) is 18.3 Å². The molecule has 0 unspecified atom stereocenters. The number of nitrogens with one attached hydrogen (secondary N) is 2. The Bertz CT molecular complexity index is 534. The zero-order valence-corrected chi connectivity index (χ0v) is 11.0. The second-order valence-electron chi connectivity index (χ2n) is 3.76. The summed E-state index contributed by atoms with van der Waals surface area (Å²) in [7, 11) is 1.86. The second kappa shape index (κ2) is 5.69. The zero-order chi connectivity index (χ0) is 13.0. The molecule has 0 aromatic carbocycles.